The highest BCUT2D eigenvalue weighted by Gasteiger charge is 2.34. The Morgan fingerprint density at radius 1 is 1.10 bits per heavy atom. The van der Waals surface area contributed by atoms with Gasteiger partial charge in [0.2, 0.25) is 11.8 Å². The molecule has 1 aliphatic heterocycles. The third-order valence-corrected chi connectivity index (χ3v) is 5.98. The standard InChI is InChI=1S/C22H27N3O3S/c1-15(2)19(24-21(27)18-11-7-13-29-18)22(28)25-12-6-8-16(14-25)20(26)23-17-9-4-3-5-10-17/h3-5,7,9-11,13,15-16,19H,6,8,12,14H2,1-2H3,(H,23,26)(H,24,27)/t16-,19-/m1/s1. The van der Waals surface area contributed by atoms with Crippen molar-refractivity contribution in [1.29, 1.82) is 0 Å². The van der Waals surface area contributed by atoms with Crippen LogP contribution in [-0.4, -0.2) is 41.8 Å². The van der Waals surface area contributed by atoms with E-state index in [2.05, 4.69) is 10.6 Å². The van der Waals surface area contributed by atoms with Crippen molar-refractivity contribution in [2.24, 2.45) is 11.8 Å². The van der Waals surface area contributed by atoms with Gasteiger partial charge in [0.05, 0.1) is 10.8 Å². The Bertz CT molecular complexity index is 836. The van der Waals surface area contributed by atoms with Crippen molar-refractivity contribution in [2.45, 2.75) is 32.7 Å². The second-order valence-electron chi connectivity index (χ2n) is 7.65. The van der Waals surface area contributed by atoms with Gasteiger partial charge in [0.1, 0.15) is 6.04 Å². The van der Waals surface area contributed by atoms with Gasteiger partial charge in [0.25, 0.3) is 5.91 Å². The minimum atomic E-state index is -0.611. The number of benzene rings is 1. The molecule has 0 aliphatic carbocycles. The second-order valence-corrected chi connectivity index (χ2v) is 8.60. The van der Waals surface area contributed by atoms with Crippen LogP contribution in [0.3, 0.4) is 0 Å². The number of amides is 3. The number of nitrogens with zero attached hydrogens (tertiary/aromatic N) is 1. The first-order valence-electron chi connectivity index (χ1n) is 9.94. The van der Waals surface area contributed by atoms with Gasteiger partial charge >= 0.3 is 0 Å². The maximum atomic E-state index is 13.2. The summed E-state index contributed by atoms with van der Waals surface area (Å²) in [5.74, 6) is -0.736. The number of hydrogen-bond donors (Lipinski definition) is 2. The molecule has 1 saturated heterocycles. The van der Waals surface area contributed by atoms with E-state index in [9.17, 15) is 14.4 Å². The molecule has 7 heteroatoms. The average Bonchev–Trinajstić information content (AvgIpc) is 3.27. The van der Waals surface area contributed by atoms with E-state index in [-0.39, 0.29) is 29.6 Å². The first-order valence-corrected chi connectivity index (χ1v) is 10.8. The second kappa shape index (κ2) is 9.69. The van der Waals surface area contributed by atoms with Crippen molar-refractivity contribution in [1.82, 2.24) is 10.2 Å². The molecule has 6 nitrogen and oxygen atoms in total. The largest absolute Gasteiger partial charge is 0.340 e. The maximum absolute atomic E-state index is 13.2. The smallest absolute Gasteiger partial charge is 0.262 e. The highest BCUT2D eigenvalue weighted by molar-refractivity contribution is 7.12. The SMILES string of the molecule is CC(C)[C@@H](NC(=O)c1cccs1)C(=O)N1CCC[C@@H](C(=O)Nc2ccccc2)C1. The van der Waals surface area contributed by atoms with Crippen LogP contribution in [0, 0.1) is 11.8 Å². The van der Waals surface area contributed by atoms with Gasteiger partial charge in [-0.05, 0) is 42.3 Å². The molecule has 0 bridgehead atoms. The molecule has 154 valence electrons. The number of hydrogen-bond acceptors (Lipinski definition) is 4. The third-order valence-electron chi connectivity index (χ3n) is 5.11. The van der Waals surface area contributed by atoms with Gasteiger partial charge in [0, 0.05) is 18.8 Å². The van der Waals surface area contributed by atoms with Gasteiger partial charge < -0.3 is 15.5 Å². The predicted octanol–water partition coefficient (Wildman–Crippen LogP) is 3.38. The molecule has 0 radical (unpaired) electrons. The average molecular weight is 414 g/mol. The summed E-state index contributed by atoms with van der Waals surface area (Å²) in [5.41, 5.74) is 0.754. The fourth-order valence-corrected chi connectivity index (χ4v) is 4.11. The van der Waals surface area contributed by atoms with Crippen LogP contribution in [0.2, 0.25) is 0 Å². The minimum absolute atomic E-state index is 0.0510. The fourth-order valence-electron chi connectivity index (χ4n) is 3.49. The molecule has 1 aromatic carbocycles. The molecule has 1 fully saturated rings. The van der Waals surface area contributed by atoms with Crippen LogP contribution < -0.4 is 10.6 Å². The van der Waals surface area contributed by atoms with E-state index in [1.54, 1.807) is 11.0 Å². The third kappa shape index (κ3) is 5.44. The number of rotatable bonds is 6. The van der Waals surface area contributed by atoms with Crippen molar-refractivity contribution >= 4 is 34.7 Å². The molecule has 2 aromatic rings. The summed E-state index contributed by atoms with van der Waals surface area (Å²) in [6.07, 6.45) is 1.51. The topological polar surface area (TPSA) is 78.5 Å². The molecule has 0 unspecified atom stereocenters. The number of para-hydroxylation sites is 1. The number of carbonyl (C=O) groups is 3. The summed E-state index contributed by atoms with van der Waals surface area (Å²) in [4.78, 5) is 40.6. The molecular formula is C22H27N3O3S. The van der Waals surface area contributed by atoms with Gasteiger partial charge in [-0.3, -0.25) is 14.4 Å². The maximum Gasteiger partial charge on any atom is 0.262 e. The van der Waals surface area contributed by atoms with Crippen molar-refractivity contribution in [2.75, 3.05) is 18.4 Å². The van der Waals surface area contributed by atoms with E-state index in [4.69, 9.17) is 0 Å². The molecule has 2 atom stereocenters. The first-order chi connectivity index (χ1) is 14.0. The van der Waals surface area contributed by atoms with Crippen LogP contribution in [0.25, 0.3) is 0 Å². The summed E-state index contributed by atoms with van der Waals surface area (Å²) in [6, 6.07) is 12.3. The fraction of sp³-hybridized carbons (Fsp3) is 0.409. The molecular weight excluding hydrogens is 386 g/mol. The Hall–Kier alpha value is -2.67. The van der Waals surface area contributed by atoms with Crippen LogP contribution in [0.5, 0.6) is 0 Å². The summed E-state index contributed by atoms with van der Waals surface area (Å²) in [5, 5.41) is 7.64. The molecule has 0 spiro atoms. The van der Waals surface area contributed by atoms with Crippen molar-refractivity contribution in [3.05, 3.63) is 52.7 Å². The molecule has 2 heterocycles. The Kier molecular flexibility index (Phi) is 7.04. The molecule has 1 aromatic heterocycles. The summed E-state index contributed by atoms with van der Waals surface area (Å²) in [7, 11) is 0. The number of likely N-dealkylation sites (tertiary alicyclic amines) is 1. The lowest BCUT2D eigenvalue weighted by molar-refractivity contribution is -0.137. The van der Waals surface area contributed by atoms with Crippen molar-refractivity contribution in [3.63, 3.8) is 0 Å². The monoisotopic (exact) mass is 413 g/mol. The zero-order valence-corrected chi connectivity index (χ0v) is 17.6. The lowest BCUT2D eigenvalue weighted by Crippen LogP contribution is -2.54. The molecule has 0 saturated carbocycles. The van der Waals surface area contributed by atoms with E-state index in [1.165, 1.54) is 11.3 Å². The zero-order chi connectivity index (χ0) is 20.8. The Labute approximate surface area is 175 Å². The normalized spacial score (nSPS) is 17.6. The molecule has 29 heavy (non-hydrogen) atoms. The first kappa shape index (κ1) is 21.0. The van der Waals surface area contributed by atoms with Crippen LogP contribution in [-0.2, 0) is 9.59 Å². The van der Waals surface area contributed by atoms with Gasteiger partial charge in [0.15, 0.2) is 0 Å². The van der Waals surface area contributed by atoms with Crippen LogP contribution in [0.4, 0.5) is 5.69 Å². The highest BCUT2D eigenvalue weighted by atomic mass is 32.1. The number of thiophene rings is 1. The summed E-state index contributed by atoms with van der Waals surface area (Å²) < 4.78 is 0. The molecule has 3 rings (SSSR count). The van der Waals surface area contributed by atoms with Gasteiger partial charge in [-0.15, -0.1) is 11.3 Å². The molecule has 3 amide bonds. The molecule has 2 N–H and O–H groups in total. The molecule has 1 aliphatic rings. The van der Waals surface area contributed by atoms with Crippen LogP contribution >= 0.6 is 11.3 Å². The van der Waals surface area contributed by atoms with E-state index < -0.39 is 6.04 Å². The van der Waals surface area contributed by atoms with E-state index in [0.29, 0.717) is 18.0 Å². The summed E-state index contributed by atoms with van der Waals surface area (Å²) >= 11 is 1.35. The number of anilines is 1. The van der Waals surface area contributed by atoms with Crippen molar-refractivity contribution in [3.8, 4) is 0 Å². The van der Waals surface area contributed by atoms with Crippen molar-refractivity contribution < 1.29 is 14.4 Å². The lowest BCUT2D eigenvalue weighted by atomic mass is 9.94. The van der Waals surface area contributed by atoms with E-state index in [0.717, 1.165) is 18.5 Å². The highest BCUT2D eigenvalue weighted by Crippen LogP contribution is 2.21. The summed E-state index contributed by atoms with van der Waals surface area (Å²) in [6.45, 7) is 4.81. The number of nitrogens with one attached hydrogen (secondary N) is 2. The van der Waals surface area contributed by atoms with Crippen LogP contribution in [0.1, 0.15) is 36.4 Å². The Balaban J connectivity index is 1.63. The van der Waals surface area contributed by atoms with Gasteiger partial charge in [-0.1, -0.05) is 38.1 Å². The zero-order valence-electron chi connectivity index (χ0n) is 16.8. The van der Waals surface area contributed by atoms with E-state index >= 15 is 0 Å². The van der Waals surface area contributed by atoms with Crippen LogP contribution in [0.15, 0.2) is 47.8 Å². The minimum Gasteiger partial charge on any atom is -0.340 e. The Morgan fingerprint density at radius 3 is 2.52 bits per heavy atom. The van der Waals surface area contributed by atoms with E-state index in [1.807, 2.05) is 55.6 Å². The quantitative estimate of drug-likeness (QED) is 0.762. The predicted molar refractivity (Wildman–Crippen MR) is 115 cm³/mol. The number of carbonyl (C=O) groups excluding carboxylic acids is 3. The van der Waals surface area contributed by atoms with Gasteiger partial charge in [-0.25, -0.2) is 0 Å². The van der Waals surface area contributed by atoms with Gasteiger partial charge in [-0.2, -0.15) is 0 Å². The number of piperidine rings is 1. The Morgan fingerprint density at radius 2 is 1.86 bits per heavy atom. The lowest BCUT2D eigenvalue weighted by Gasteiger charge is -2.35.